The largest absolute Gasteiger partial charge is 0.366 e. The molecule has 0 radical (unpaired) electrons. The van der Waals surface area contributed by atoms with Gasteiger partial charge in [0.1, 0.15) is 5.82 Å². The highest BCUT2D eigenvalue weighted by Crippen LogP contribution is 2.40. The van der Waals surface area contributed by atoms with E-state index < -0.39 is 10.0 Å². The number of H-pyrrole nitrogens is 1. The van der Waals surface area contributed by atoms with Crippen LogP contribution in [-0.2, 0) is 10.0 Å². The summed E-state index contributed by atoms with van der Waals surface area (Å²) in [5.74, 6) is -0.0283. The summed E-state index contributed by atoms with van der Waals surface area (Å²) in [6.07, 6.45) is 11.7. The SMILES string of the molecule is CCC(CN1CC=C(c2c[nH]cc2-c2ccncc2)CC1c1ccc(F)cc1)c1ccc(S(=O)(=O)NC)cc1. The lowest BCUT2D eigenvalue weighted by Gasteiger charge is -2.38. The quantitative estimate of drug-likeness (QED) is 0.265. The van der Waals surface area contributed by atoms with Crippen LogP contribution in [0.3, 0.4) is 0 Å². The van der Waals surface area contributed by atoms with Gasteiger partial charge >= 0.3 is 0 Å². The molecule has 0 saturated heterocycles. The Hall–Kier alpha value is -3.59. The summed E-state index contributed by atoms with van der Waals surface area (Å²) < 4.78 is 40.6. The van der Waals surface area contributed by atoms with E-state index in [1.165, 1.54) is 30.3 Å². The van der Waals surface area contributed by atoms with E-state index in [2.05, 4.69) is 38.8 Å². The van der Waals surface area contributed by atoms with Crippen LogP contribution in [-0.4, -0.2) is 43.4 Å². The van der Waals surface area contributed by atoms with E-state index in [9.17, 15) is 12.8 Å². The highest BCUT2D eigenvalue weighted by molar-refractivity contribution is 7.89. The lowest BCUT2D eigenvalue weighted by atomic mass is 9.87. The van der Waals surface area contributed by atoms with Crippen LogP contribution in [0.2, 0.25) is 0 Å². The number of aromatic nitrogens is 2. The van der Waals surface area contributed by atoms with E-state index in [0.29, 0.717) is 0 Å². The Morgan fingerprint density at radius 3 is 2.38 bits per heavy atom. The van der Waals surface area contributed by atoms with Gasteiger partial charge < -0.3 is 4.98 Å². The number of aromatic amines is 1. The molecule has 2 atom stereocenters. The minimum Gasteiger partial charge on any atom is -0.366 e. The van der Waals surface area contributed by atoms with Crippen molar-refractivity contribution in [2.45, 2.75) is 36.6 Å². The zero-order chi connectivity index (χ0) is 27.4. The molecule has 0 bridgehead atoms. The van der Waals surface area contributed by atoms with Crippen molar-refractivity contribution in [2.24, 2.45) is 0 Å². The number of hydrogen-bond donors (Lipinski definition) is 2. The molecule has 0 spiro atoms. The molecule has 202 valence electrons. The van der Waals surface area contributed by atoms with E-state index in [1.807, 2.05) is 42.6 Å². The highest BCUT2D eigenvalue weighted by atomic mass is 32.2. The van der Waals surface area contributed by atoms with Crippen LogP contribution in [0.5, 0.6) is 0 Å². The van der Waals surface area contributed by atoms with Gasteiger partial charge in [-0.2, -0.15) is 0 Å². The average molecular weight is 545 g/mol. The number of halogens is 1. The van der Waals surface area contributed by atoms with Gasteiger partial charge in [-0.25, -0.2) is 17.5 Å². The summed E-state index contributed by atoms with van der Waals surface area (Å²) in [4.78, 5) is 10.1. The highest BCUT2D eigenvalue weighted by Gasteiger charge is 2.29. The summed E-state index contributed by atoms with van der Waals surface area (Å²) in [5, 5.41) is 0. The van der Waals surface area contributed by atoms with Crippen molar-refractivity contribution >= 4 is 15.6 Å². The van der Waals surface area contributed by atoms with Crippen molar-refractivity contribution in [3.63, 3.8) is 0 Å². The standard InChI is InChI=1S/C31H33FN4O2S/c1-3-22(23-6-10-28(11-7-23)39(37,38)33-2)21-36-17-14-26(18-31(36)25-4-8-27(32)9-5-25)30-20-35-19-29(30)24-12-15-34-16-13-24/h4-16,19-20,22,31,33,35H,3,17-18,21H2,1-2H3. The molecule has 3 heterocycles. The molecule has 5 rings (SSSR count). The molecule has 8 heteroatoms. The van der Waals surface area contributed by atoms with Crippen molar-refractivity contribution in [2.75, 3.05) is 20.1 Å². The minimum atomic E-state index is -3.48. The van der Waals surface area contributed by atoms with Crippen molar-refractivity contribution in [3.05, 3.63) is 114 Å². The summed E-state index contributed by atoms with van der Waals surface area (Å²) in [5.41, 5.74) is 6.85. The Morgan fingerprint density at radius 1 is 1.03 bits per heavy atom. The molecular formula is C31H33FN4O2S. The molecule has 1 aliphatic rings. The molecule has 4 aromatic rings. The fourth-order valence-electron chi connectivity index (χ4n) is 5.40. The topological polar surface area (TPSA) is 78.1 Å². The molecule has 2 aromatic carbocycles. The molecular weight excluding hydrogens is 511 g/mol. The first-order valence-corrected chi connectivity index (χ1v) is 14.7. The Morgan fingerprint density at radius 2 is 1.72 bits per heavy atom. The van der Waals surface area contributed by atoms with Gasteiger partial charge in [0.2, 0.25) is 10.0 Å². The minimum absolute atomic E-state index is 0.0729. The van der Waals surface area contributed by atoms with E-state index in [-0.39, 0.29) is 22.7 Å². The van der Waals surface area contributed by atoms with E-state index in [0.717, 1.165) is 48.2 Å². The lowest BCUT2D eigenvalue weighted by Crippen LogP contribution is -2.35. The summed E-state index contributed by atoms with van der Waals surface area (Å²) in [6.45, 7) is 3.70. The smallest absolute Gasteiger partial charge is 0.240 e. The van der Waals surface area contributed by atoms with Gasteiger partial charge in [-0.05, 0) is 84.5 Å². The zero-order valence-electron chi connectivity index (χ0n) is 22.1. The normalized spacial score (nSPS) is 17.1. The lowest BCUT2D eigenvalue weighted by molar-refractivity contribution is 0.198. The zero-order valence-corrected chi connectivity index (χ0v) is 23.0. The number of benzene rings is 2. The fourth-order valence-corrected chi connectivity index (χ4v) is 6.13. The second-order valence-corrected chi connectivity index (χ2v) is 11.7. The predicted octanol–water partition coefficient (Wildman–Crippen LogP) is 6.15. The molecule has 0 amide bonds. The van der Waals surface area contributed by atoms with Crippen LogP contribution in [0.15, 0.2) is 96.4 Å². The van der Waals surface area contributed by atoms with Crippen LogP contribution in [0.25, 0.3) is 16.7 Å². The predicted molar refractivity (Wildman–Crippen MR) is 153 cm³/mol. The van der Waals surface area contributed by atoms with Crippen LogP contribution >= 0.6 is 0 Å². The summed E-state index contributed by atoms with van der Waals surface area (Å²) in [7, 11) is -2.06. The van der Waals surface area contributed by atoms with Gasteiger partial charge in [-0.3, -0.25) is 9.88 Å². The number of hydrogen-bond acceptors (Lipinski definition) is 4. The molecule has 0 saturated carbocycles. The van der Waals surface area contributed by atoms with Crippen LogP contribution in [0.1, 0.15) is 48.4 Å². The first-order chi connectivity index (χ1) is 18.9. The molecule has 6 nitrogen and oxygen atoms in total. The van der Waals surface area contributed by atoms with Gasteiger partial charge in [-0.1, -0.05) is 37.3 Å². The van der Waals surface area contributed by atoms with E-state index in [1.54, 1.807) is 24.5 Å². The Balaban J connectivity index is 1.44. The summed E-state index contributed by atoms with van der Waals surface area (Å²) in [6, 6.07) is 18.1. The molecule has 0 aliphatic carbocycles. The van der Waals surface area contributed by atoms with Gasteiger partial charge in [-0.15, -0.1) is 0 Å². The van der Waals surface area contributed by atoms with E-state index >= 15 is 0 Å². The van der Waals surface area contributed by atoms with Crippen LogP contribution < -0.4 is 4.72 Å². The van der Waals surface area contributed by atoms with Crippen molar-refractivity contribution in [3.8, 4) is 11.1 Å². The average Bonchev–Trinajstić information content (AvgIpc) is 3.47. The third kappa shape index (κ3) is 5.88. The number of sulfonamides is 1. The molecule has 2 N–H and O–H groups in total. The van der Waals surface area contributed by atoms with Gasteiger partial charge in [0.15, 0.2) is 0 Å². The third-order valence-electron chi connectivity index (χ3n) is 7.64. The maximum Gasteiger partial charge on any atom is 0.240 e. The van der Waals surface area contributed by atoms with Crippen molar-refractivity contribution < 1.29 is 12.8 Å². The first kappa shape index (κ1) is 27.0. The molecule has 0 fully saturated rings. The van der Waals surface area contributed by atoms with Gasteiger partial charge in [0.05, 0.1) is 4.90 Å². The number of pyridine rings is 1. The Kier molecular flexibility index (Phi) is 8.07. The number of nitrogens with zero attached hydrogens (tertiary/aromatic N) is 2. The molecule has 2 unspecified atom stereocenters. The van der Waals surface area contributed by atoms with Gasteiger partial charge in [0, 0.05) is 55.0 Å². The van der Waals surface area contributed by atoms with Crippen LogP contribution in [0, 0.1) is 5.82 Å². The van der Waals surface area contributed by atoms with Crippen molar-refractivity contribution in [1.82, 2.24) is 19.6 Å². The van der Waals surface area contributed by atoms with Crippen LogP contribution in [0.4, 0.5) is 4.39 Å². The molecule has 39 heavy (non-hydrogen) atoms. The van der Waals surface area contributed by atoms with Crippen molar-refractivity contribution in [1.29, 1.82) is 0 Å². The Bertz CT molecular complexity index is 1530. The number of rotatable bonds is 9. The fraction of sp³-hybridized carbons (Fsp3) is 0.258. The summed E-state index contributed by atoms with van der Waals surface area (Å²) >= 11 is 0. The monoisotopic (exact) mass is 544 g/mol. The maximum absolute atomic E-state index is 13.8. The molecule has 1 aliphatic heterocycles. The second kappa shape index (κ2) is 11.7. The Labute approximate surface area is 229 Å². The number of nitrogens with one attached hydrogen (secondary N) is 2. The molecule has 2 aromatic heterocycles. The second-order valence-electron chi connectivity index (χ2n) is 9.86. The first-order valence-electron chi connectivity index (χ1n) is 13.2. The van der Waals surface area contributed by atoms with E-state index in [4.69, 9.17) is 0 Å². The maximum atomic E-state index is 13.8. The third-order valence-corrected chi connectivity index (χ3v) is 9.07. The van der Waals surface area contributed by atoms with Gasteiger partial charge in [0.25, 0.3) is 0 Å².